The van der Waals surface area contributed by atoms with Gasteiger partial charge in [-0.1, -0.05) is 77.2 Å². The third-order valence-electron chi connectivity index (χ3n) is 7.02. The second kappa shape index (κ2) is 8.77. The van der Waals surface area contributed by atoms with Crippen molar-refractivity contribution in [2.45, 2.75) is 15.6 Å². The second-order valence-corrected chi connectivity index (χ2v) is 11.7. The lowest BCUT2D eigenvalue weighted by Crippen LogP contribution is -2.53. The van der Waals surface area contributed by atoms with Crippen LogP contribution in [0.1, 0.15) is 27.2 Å². The van der Waals surface area contributed by atoms with Crippen LogP contribution < -0.4 is 15.2 Å². The summed E-state index contributed by atoms with van der Waals surface area (Å²) in [6.45, 7) is 0. The van der Waals surface area contributed by atoms with Crippen molar-refractivity contribution in [3.63, 3.8) is 0 Å². The second-order valence-electron chi connectivity index (χ2n) is 9.13. The average Bonchev–Trinajstić information content (AvgIpc) is 3.58. The van der Waals surface area contributed by atoms with Crippen LogP contribution >= 0.6 is 34.7 Å². The molecule has 1 spiro atoms. The minimum absolute atomic E-state index is 0.00133. The molecule has 39 heavy (non-hydrogen) atoms. The van der Waals surface area contributed by atoms with Gasteiger partial charge in [-0.15, -0.1) is 10.2 Å². The summed E-state index contributed by atoms with van der Waals surface area (Å²) < 4.78 is 6.64. The molecule has 2 aliphatic rings. The van der Waals surface area contributed by atoms with E-state index in [4.69, 9.17) is 16.0 Å². The highest BCUT2D eigenvalue weighted by molar-refractivity contribution is 8.00. The summed E-state index contributed by atoms with van der Waals surface area (Å²) in [6.07, 6.45) is 0. The van der Waals surface area contributed by atoms with Crippen LogP contribution in [0.4, 0.5) is 10.8 Å². The van der Waals surface area contributed by atoms with Crippen LogP contribution in [0.25, 0.3) is 11.0 Å². The third kappa shape index (κ3) is 3.35. The van der Waals surface area contributed by atoms with E-state index in [0.29, 0.717) is 31.8 Å². The number of hydrogen-bond acceptors (Lipinski definition) is 8. The third-order valence-corrected chi connectivity index (χ3v) is 9.39. The molecular formula is C28H17ClN4O4S2. The van der Waals surface area contributed by atoms with Gasteiger partial charge in [0, 0.05) is 29.1 Å². The summed E-state index contributed by atoms with van der Waals surface area (Å²) in [5.41, 5.74) is 0.238. The van der Waals surface area contributed by atoms with E-state index in [1.54, 1.807) is 49.5 Å². The zero-order valence-electron chi connectivity index (χ0n) is 20.3. The van der Waals surface area contributed by atoms with E-state index in [1.165, 1.54) is 32.9 Å². The first kappa shape index (κ1) is 24.1. The van der Waals surface area contributed by atoms with Crippen LogP contribution in [-0.4, -0.2) is 29.1 Å². The molecule has 0 fully saturated rings. The fourth-order valence-corrected chi connectivity index (χ4v) is 7.27. The number of anilines is 2. The molecule has 5 aromatic rings. The van der Waals surface area contributed by atoms with Crippen molar-refractivity contribution in [2.75, 3.05) is 16.8 Å². The number of amides is 2. The van der Waals surface area contributed by atoms with Gasteiger partial charge in [-0.3, -0.25) is 19.3 Å². The lowest BCUT2D eigenvalue weighted by molar-refractivity contribution is -0.121. The van der Waals surface area contributed by atoms with Gasteiger partial charge in [0.2, 0.25) is 10.9 Å². The van der Waals surface area contributed by atoms with Gasteiger partial charge in [0.1, 0.15) is 5.58 Å². The van der Waals surface area contributed by atoms with E-state index in [2.05, 4.69) is 10.2 Å². The normalized spacial score (nSPS) is 17.9. The number of thioether (sulfide) groups is 1. The smallest absolute Gasteiger partial charge is 0.297 e. The maximum atomic E-state index is 14.2. The van der Waals surface area contributed by atoms with Crippen molar-refractivity contribution in [3.8, 4) is 0 Å². The van der Waals surface area contributed by atoms with Gasteiger partial charge in [0.05, 0.1) is 10.9 Å². The zero-order chi connectivity index (χ0) is 26.9. The molecule has 2 amide bonds. The molecule has 4 heterocycles. The van der Waals surface area contributed by atoms with Crippen LogP contribution in [0.3, 0.4) is 0 Å². The van der Waals surface area contributed by atoms with Gasteiger partial charge in [-0.2, -0.15) is 0 Å². The maximum Gasteiger partial charge on any atom is 0.297 e. The SMILES string of the molecule is CN1C(=O)C2(c3ccccc31)c1c(oc3ccccc3c1=O)C(=O)N2c1nnc(SCc2ccc(Cl)cc2)s1. The molecule has 3 aromatic carbocycles. The molecule has 7 rings (SSSR count). The van der Waals surface area contributed by atoms with Crippen molar-refractivity contribution in [1.82, 2.24) is 10.2 Å². The summed E-state index contributed by atoms with van der Waals surface area (Å²) in [4.78, 5) is 45.0. The molecule has 0 bridgehead atoms. The Bertz CT molecular complexity index is 1890. The standard InChI is InChI=1S/C28H17ClN4O4S2/c1-32-19-8-4-3-7-18(19)28(25(32)36)21-22(34)17-6-2-5-9-20(17)37-23(21)24(35)33(28)26-30-31-27(39-26)38-14-15-10-12-16(29)13-11-15/h2-13H,14H2,1H3. The first-order chi connectivity index (χ1) is 18.9. The molecular weight excluding hydrogens is 556 g/mol. The summed E-state index contributed by atoms with van der Waals surface area (Å²) in [5.74, 6) is -0.607. The summed E-state index contributed by atoms with van der Waals surface area (Å²) in [6, 6.07) is 21.4. The first-order valence-corrected chi connectivity index (χ1v) is 14.1. The highest BCUT2D eigenvalue weighted by Crippen LogP contribution is 2.54. The molecule has 1 atom stereocenters. The average molecular weight is 573 g/mol. The Morgan fingerprint density at radius 2 is 1.72 bits per heavy atom. The number of aromatic nitrogens is 2. The van der Waals surface area contributed by atoms with Crippen molar-refractivity contribution >= 4 is 68.3 Å². The number of halogens is 1. The van der Waals surface area contributed by atoms with E-state index in [0.717, 1.165) is 5.56 Å². The molecule has 0 saturated carbocycles. The van der Waals surface area contributed by atoms with Crippen molar-refractivity contribution in [1.29, 1.82) is 0 Å². The largest absolute Gasteiger partial charge is 0.450 e. The number of para-hydroxylation sites is 2. The molecule has 192 valence electrons. The topological polar surface area (TPSA) is 96.6 Å². The Hall–Kier alpha value is -3.99. The van der Waals surface area contributed by atoms with Crippen LogP contribution in [0.15, 0.2) is 86.3 Å². The minimum atomic E-state index is -1.76. The first-order valence-electron chi connectivity index (χ1n) is 11.9. The Morgan fingerprint density at radius 1 is 0.974 bits per heavy atom. The van der Waals surface area contributed by atoms with E-state index in [9.17, 15) is 14.4 Å². The predicted molar refractivity (Wildman–Crippen MR) is 151 cm³/mol. The van der Waals surface area contributed by atoms with Gasteiger partial charge < -0.3 is 9.32 Å². The zero-order valence-corrected chi connectivity index (χ0v) is 22.6. The van der Waals surface area contributed by atoms with Gasteiger partial charge in [0.25, 0.3) is 11.8 Å². The Labute approximate surface area is 234 Å². The number of hydrogen-bond donors (Lipinski definition) is 0. The fourth-order valence-electron chi connectivity index (χ4n) is 5.29. The van der Waals surface area contributed by atoms with E-state index in [1.807, 2.05) is 30.3 Å². The number of carbonyl (C=O) groups is 2. The molecule has 0 radical (unpaired) electrons. The highest BCUT2D eigenvalue weighted by atomic mass is 35.5. The monoisotopic (exact) mass is 572 g/mol. The predicted octanol–water partition coefficient (Wildman–Crippen LogP) is 5.47. The molecule has 0 aliphatic carbocycles. The Balaban J connectivity index is 1.41. The van der Waals surface area contributed by atoms with Gasteiger partial charge in [-0.05, 0) is 35.9 Å². The number of nitrogens with zero attached hydrogens (tertiary/aromatic N) is 4. The number of likely N-dealkylation sites (N-methyl/N-ethyl adjacent to an activating group) is 1. The highest BCUT2D eigenvalue weighted by Gasteiger charge is 2.66. The van der Waals surface area contributed by atoms with Gasteiger partial charge in [0.15, 0.2) is 15.3 Å². The lowest BCUT2D eigenvalue weighted by Gasteiger charge is -2.31. The van der Waals surface area contributed by atoms with Crippen molar-refractivity contribution in [2.24, 2.45) is 0 Å². The fraction of sp³-hybridized carbons (Fsp3) is 0.107. The van der Waals surface area contributed by atoms with Crippen LogP contribution in [-0.2, 0) is 16.1 Å². The Morgan fingerprint density at radius 3 is 2.54 bits per heavy atom. The Kier molecular flexibility index (Phi) is 5.41. The quantitative estimate of drug-likeness (QED) is 0.208. The molecule has 1 unspecified atom stereocenters. The van der Waals surface area contributed by atoms with Crippen LogP contribution in [0, 0.1) is 0 Å². The van der Waals surface area contributed by atoms with Gasteiger partial charge in [-0.25, -0.2) is 0 Å². The molecule has 2 aromatic heterocycles. The summed E-state index contributed by atoms with van der Waals surface area (Å²) in [5, 5.41) is 9.77. The van der Waals surface area contributed by atoms with Crippen molar-refractivity contribution < 1.29 is 14.0 Å². The maximum absolute atomic E-state index is 14.2. The molecule has 2 aliphatic heterocycles. The number of benzene rings is 3. The molecule has 8 nitrogen and oxygen atoms in total. The number of fused-ring (bicyclic) bond motifs is 5. The van der Waals surface area contributed by atoms with E-state index >= 15 is 0 Å². The lowest BCUT2D eigenvalue weighted by atomic mass is 9.84. The molecule has 0 saturated heterocycles. The van der Waals surface area contributed by atoms with E-state index in [-0.39, 0.29) is 22.0 Å². The van der Waals surface area contributed by atoms with Crippen LogP contribution in [0.5, 0.6) is 0 Å². The number of rotatable bonds is 4. The summed E-state index contributed by atoms with van der Waals surface area (Å²) >= 11 is 8.63. The minimum Gasteiger partial charge on any atom is -0.450 e. The van der Waals surface area contributed by atoms with Crippen molar-refractivity contribution in [3.05, 3.63) is 110 Å². The number of carbonyl (C=O) groups excluding carboxylic acids is 2. The molecule has 11 heteroatoms. The molecule has 0 N–H and O–H groups in total. The van der Waals surface area contributed by atoms with Crippen LogP contribution in [0.2, 0.25) is 5.02 Å². The van der Waals surface area contributed by atoms with Gasteiger partial charge >= 0.3 is 0 Å². The van der Waals surface area contributed by atoms with E-state index < -0.39 is 22.8 Å². The summed E-state index contributed by atoms with van der Waals surface area (Å²) in [7, 11) is 1.63.